The summed E-state index contributed by atoms with van der Waals surface area (Å²) in [5.74, 6) is 0.604. The zero-order chi connectivity index (χ0) is 15.0. The second-order valence-corrected chi connectivity index (χ2v) is 5.78. The highest BCUT2D eigenvalue weighted by Gasteiger charge is 2.40. The van der Waals surface area contributed by atoms with Gasteiger partial charge in [-0.3, -0.25) is 9.80 Å². The van der Waals surface area contributed by atoms with Crippen molar-refractivity contribution in [3.05, 3.63) is 23.7 Å². The molecule has 0 saturated carbocycles. The zero-order valence-electron chi connectivity index (χ0n) is 12.7. The van der Waals surface area contributed by atoms with Gasteiger partial charge in [-0.1, -0.05) is 0 Å². The monoisotopic (exact) mass is 294 g/mol. The van der Waals surface area contributed by atoms with E-state index < -0.39 is 5.97 Å². The minimum Gasteiger partial charge on any atom is -0.463 e. The maximum absolute atomic E-state index is 11.5. The molecule has 2 saturated heterocycles. The van der Waals surface area contributed by atoms with Crippen LogP contribution in [0.25, 0.3) is 0 Å². The molecule has 0 radical (unpaired) electrons. The van der Waals surface area contributed by atoms with Crippen LogP contribution in [0.2, 0.25) is 0 Å². The third-order valence-electron chi connectivity index (χ3n) is 4.58. The second kappa shape index (κ2) is 5.79. The Kier molecular flexibility index (Phi) is 4.01. The molecule has 2 aliphatic heterocycles. The van der Waals surface area contributed by atoms with Gasteiger partial charge in [0.05, 0.1) is 25.9 Å². The first kappa shape index (κ1) is 14.6. The van der Waals surface area contributed by atoms with Gasteiger partial charge in [0.2, 0.25) is 5.76 Å². The number of carbonyl (C=O) groups is 1. The van der Waals surface area contributed by atoms with Gasteiger partial charge in [0.25, 0.3) is 0 Å². The predicted octanol–water partition coefficient (Wildman–Crippen LogP) is 1.14. The number of methoxy groups -OCH3 is 1. The number of morpholine rings is 1. The van der Waals surface area contributed by atoms with Crippen LogP contribution in [0.15, 0.2) is 16.5 Å². The Hall–Kier alpha value is -1.37. The van der Waals surface area contributed by atoms with Crippen LogP contribution in [0, 0.1) is 0 Å². The molecule has 0 spiro atoms. The molecule has 3 rings (SSSR count). The summed E-state index contributed by atoms with van der Waals surface area (Å²) in [5, 5.41) is 0. The average molecular weight is 294 g/mol. The molecule has 2 aliphatic rings. The normalized spacial score (nSPS) is 28.3. The molecule has 0 aliphatic carbocycles. The van der Waals surface area contributed by atoms with Crippen molar-refractivity contribution in [1.29, 1.82) is 0 Å². The Morgan fingerprint density at radius 3 is 2.95 bits per heavy atom. The van der Waals surface area contributed by atoms with E-state index in [4.69, 9.17) is 9.15 Å². The lowest BCUT2D eigenvalue weighted by molar-refractivity contribution is -0.0372. The van der Waals surface area contributed by atoms with Crippen LogP contribution in [0.3, 0.4) is 0 Å². The first-order valence-corrected chi connectivity index (χ1v) is 7.34. The lowest BCUT2D eigenvalue weighted by Gasteiger charge is -2.33. The predicted molar refractivity (Wildman–Crippen MR) is 76.2 cm³/mol. The summed E-state index contributed by atoms with van der Waals surface area (Å²) in [6, 6.07) is 4.08. The van der Waals surface area contributed by atoms with Gasteiger partial charge in [-0.15, -0.1) is 0 Å². The molecule has 6 heteroatoms. The number of carbonyl (C=O) groups excluding carboxylic acids is 1. The van der Waals surface area contributed by atoms with Crippen LogP contribution < -0.4 is 0 Å². The number of hydrogen-bond acceptors (Lipinski definition) is 6. The molecule has 3 heterocycles. The van der Waals surface area contributed by atoms with Crippen LogP contribution in [0.4, 0.5) is 0 Å². The third kappa shape index (κ3) is 2.71. The van der Waals surface area contributed by atoms with Crippen molar-refractivity contribution in [2.75, 3.05) is 40.4 Å². The summed E-state index contributed by atoms with van der Waals surface area (Å²) in [7, 11) is 3.50. The minimum absolute atomic E-state index is 0.117. The molecule has 0 aromatic carbocycles. The number of likely N-dealkylation sites (N-methyl/N-ethyl adjacent to an activating group) is 1. The van der Waals surface area contributed by atoms with Gasteiger partial charge in [0.1, 0.15) is 5.76 Å². The second-order valence-electron chi connectivity index (χ2n) is 5.78. The highest BCUT2D eigenvalue weighted by molar-refractivity contribution is 5.86. The van der Waals surface area contributed by atoms with E-state index in [1.165, 1.54) is 7.11 Å². The number of furan rings is 1. The fourth-order valence-electron chi connectivity index (χ4n) is 3.17. The molecule has 1 aromatic heterocycles. The molecule has 0 amide bonds. The van der Waals surface area contributed by atoms with E-state index in [1.807, 2.05) is 6.07 Å². The van der Waals surface area contributed by atoms with E-state index >= 15 is 0 Å². The Bertz CT molecular complexity index is 516. The fraction of sp³-hybridized carbons (Fsp3) is 0.667. The first-order valence-electron chi connectivity index (χ1n) is 7.34. The average Bonchev–Trinajstić information content (AvgIpc) is 3.13. The summed E-state index contributed by atoms with van der Waals surface area (Å²) in [6.07, 6.45) is 0.265. The highest BCUT2D eigenvalue weighted by Crippen LogP contribution is 2.30. The van der Waals surface area contributed by atoms with Gasteiger partial charge < -0.3 is 13.9 Å². The van der Waals surface area contributed by atoms with Gasteiger partial charge in [0, 0.05) is 25.7 Å². The molecule has 3 atom stereocenters. The first-order chi connectivity index (χ1) is 10.1. The Labute approximate surface area is 124 Å². The summed E-state index contributed by atoms with van der Waals surface area (Å²) < 4.78 is 16.2. The van der Waals surface area contributed by atoms with E-state index in [9.17, 15) is 4.79 Å². The fourth-order valence-corrected chi connectivity index (χ4v) is 3.17. The van der Waals surface area contributed by atoms with Crippen molar-refractivity contribution in [2.45, 2.75) is 25.1 Å². The molecular formula is C15H22N2O4. The Balaban J connectivity index is 1.70. The van der Waals surface area contributed by atoms with Gasteiger partial charge in [-0.2, -0.15) is 0 Å². The molecule has 6 nitrogen and oxygen atoms in total. The summed E-state index contributed by atoms with van der Waals surface area (Å²) >= 11 is 0. The minimum atomic E-state index is -0.438. The van der Waals surface area contributed by atoms with Gasteiger partial charge in [0.15, 0.2) is 0 Å². The number of fused-ring (bicyclic) bond motifs is 1. The Morgan fingerprint density at radius 1 is 1.43 bits per heavy atom. The van der Waals surface area contributed by atoms with Gasteiger partial charge in [-0.05, 0) is 26.1 Å². The molecule has 116 valence electrons. The maximum Gasteiger partial charge on any atom is 0.373 e. The van der Waals surface area contributed by atoms with E-state index in [2.05, 4.69) is 28.5 Å². The van der Waals surface area contributed by atoms with Crippen LogP contribution in [-0.4, -0.2) is 68.3 Å². The lowest BCUT2D eigenvalue weighted by atomic mass is 10.1. The van der Waals surface area contributed by atoms with E-state index in [0.29, 0.717) is 6.04 Å². The lowest BCUT2D eigenvalue weighted by Crippen LogP contribution is -2.48. The van der Waals surface area contributed by atoms with Crippen LogP contribution in [0.5, 0.6) is 0 Å². The van der Waals surface area contributed by atoms with Crippen molar-refractivity contribution in [3.8, 4) is 0 Å². The number of esters is 1. The van der Waals surface area contributed by atoms with Crippen LogP contribution >= 0.6 is 0 Å². The van der Waals surface area contributed by atoms with Crippen molar-refractivity contribution in [1.82, 2.24) is 9.80 Å². The molecule has 3 unspecified atom stereocenters. The van der Waals surface area contributed by atoms with Crippen LogP contribution in [-0.2, 0) is 9.47 Å². The molecule has 0 N–H and O–H groups in total. The third-order valence-corrected chi connectivity index (χ3v) is 4.58. The van der Waals surface area contributed by atoms with Crippen molar-refractivity contribution in [3.63, 3.8) is 0 Å². The SMILES string of the molecule is COC(=O)c1ccc(C(C)N2CC3OCCN(C)C3C2)o1. The van der Waals surface area contributed by atoms with E-state index in [1.54, 1.807) is 6.07 Å². The number of rotatable bonds is 3. The molecule has 2 fully saturated rings. The summed E-state index contributed by atoms with van der Waals surface area (Å²) in [4.78, 5) is 16.2. The topological polar surface area (TPSA) is 55.1 Å². The summed E-state index contributed by atoms with van der Waals surface area (Å²) in [6.45, 7) is 5.72. The van der Waals surface area contributed by atoms with Gasteiger partial charge in [-0.25, -0.2) is 4.79 Å². The molecule has 0 bridgehead atoms. The van der Waals surface area contributed by atoms with E-state index in [-0.39, 0.29) is 17.9 Å². The van der Waals surface area contributed by atoms with Crippen molar-refractivity contribution < 1.29 is 18.7 Å². The number of likely N-dealkylation sites (tertiary alicyclic amines) is 1. The quantitative estimate of drug-likeness (QED) is 0.779. The van der Waals surface area contributed by atoms with Crippen LogP contribution in [0.1, 0.15) is 29.3 Å². The largest absolute Gasteiger partial charge is 0.463 e. The summed E-state index contributed by atoms with van der Waals surface area (Å²) in [5.41, 5.74) is 0. The molecule has 1 aromatic rings. The maximum atomic E-state index is 11.5. The van der Waals surface area contributed by atoms with Crippen molar-refractivity contribution >= 4 is 5.97 Å². The van der Waals surface area contributed by atoms with Gasteiger partial charge >= 0.3 is 5.97 Å². The Morgan fingerprint density at radius 2 is 2.24 bits per heavy atom. The zero-order valence-corrected chi connectivity index (χ0v) is 12.7. The number of ether oxygens (including phenoxy) is 2. The van der Waals surface area contributed by atoms with Crippen molar-refractivity contribution in [2.24, 2.45) is 0 Å². The number of nitrogens with zero attached hydrogens (tertiary/aromatic N) is 2. The highest BCUT2D eigenvalue weighted by atomic mass is 16.5. The standard InChI is InChI=1S/C15H22N2O4/c1-10(12-4-5-13(21-12)15(18)19-3)17-8-11-14(9-17)20-7-6-16(11)2/h4-5,10-11,14H,6-9H2,1-3H3. The number of hydrogen-bond donors (Lipinski definition) is 0. The van der Waals surface area contributed by atoms with E-state index in [0.717, 1.165) is 32.0 Å². The smallest absolute Gasteiger partial charge is 0.373 e. The molecular weight excluding hydrogens is 272 g/mol. The molecule has 21 heavy (non-hydrogen) atoms.